The number of aromatic nitrogens is 1. The molecule has 2 aromatic carbocycles. The van der Waals surface area contributed by atoms with Gasteiger partial charge in [0.2, 0.25) is 11.7 Å². The lowest BCUT2D eigenvalue weighted by Gasteiger charge is -2.34. The van der Waals surface area contributed by atoms with Crippen molar-refractivity contribution in [1.29, 1.82) is 0 Å². The third-order valence-corrected chi connectivity index (χ3v) is 7.69. The number of methoxy groups -OCH3 is 1. The summed E-state index contributed by atoms with van der Waals surface area (Å²) in [7, 11) is 1.60. The number of anilines is 3. The van der Waals surface area contributed by atoms with Crippen molar-refractivity contribution in [2.24, 2.45) is 0 Å². The quantitative estimate of drug-likeness (QED) is 0.361. The van der Waals surface area contributed by atoms with Crippen molar-refractivity contribution in [3.8, 4) is 5.75 Å². The van der Waals surface area contributed by atoms with E-state index in [4.69, 9.17) is 4.74 Å². The first-order valence-corrected chi connectivity index (χ1v) is 12.9. The Hall–Kier alpha value is -4.02. The minimum atomic E-state index is -0.329. The first-order valence-electron chi connectivity index (χ1n) is 11.2. The summed E-state index contributed by atoms with van der Waals surface area (Å²) >= 11 is 2.49. The molecule has 2 amide bonds. The van der Waals surface area contributed by atoms with E-state index in [-0.39, 0.29) is 30.0 Å². The zero-order valence-corrected chi connectivity index (χ0v) is 21.0. The molecule has 1 aliphatic heterocycles. The van der Waals surface area contributed by atoms with Crippen LogP contribution in [0.3, 0.4) is 0 Å². The van der Waals surface area contributed by atoms with Crippen molar-refractivity contribution in [2.75, 3.05) is 41.9 Å². The molecule has 0 aliphatic carbocycles. The van der Waals surface area contributed by atoms with E-state index < -0.39 is 0 Å². The number of carbonyl (C=O) groups is 3. The summed E-state index contributed by atoms with van der Waals surface area (Å²) in [6, 6.07) is 19.7. The summed E-state index contributed by atoms with van der Waals surface area (Å²) in [4.78, 5) is 48.1. The molecule has 1 fully saturated rings. The van der Waals surface area contributed by atoms with Crippen LogP contribution in [-0.2, 0) is 4.79 Å². The van der Waals surface area contributed by atoms with Crippen molar-refractivity contribution >= 4 is 56.9 Å². The smallest absolute Gasteiger partial charge is 0.266 e. The Morgan fingerprint density at radius 3 is 2.44 bits per heavy atom. The van der Waals surface area contributed by atoms with Crippen LogP contribution in [0.15, 0.2) is 72.1 Å². The number of hydrogen-bond acceptors (Lipinski definition) is 8. The van der Waals surface area contributed by atoms with E-state index in [9.17, 15) is 14.4 Å². The van der Waals surface area contributed by atoms with E-state index in [2.05, 4.69) is 10.3 Å². The maximum atomic E-state index is 13.3. The molecular weight excluding hydrogens is 496 g/mol. The van der Waals surface area contributed by atoms with Gasteiger partial charge in [-0.25, -0.2) is 4.98 Å². The van der Waals surface area contributed by atoms with Crippen LogP contribution in [-0.4, -0.2) is 49.3 Å². The van der Waals surface area contributed by atoms with E-state index in [1.807, 2.05) is 40.6 Å². The van der Waals surface area contributed by atoms with Gasteiger partial charge in [0.1, 0.15) is 10.6 Å². The van der Waals surface area contributed by atoms with Crippen molar-refractivity contribution in [3.63, 3.8) is 0 Å². The zero-order chi connectivity index (χ0) is 25.1. The van der Waals surface area contributed by atoms with Crippen LogP contribution in [0.2, 0.25) is 0 Å². The molecular formula is C26H22N4O4S2. The van der Waals surface area contributed by atoms with Gasteiger partial charge in [-0.1, -0.05) is 47.7 Å². The van der Waals surface area contributed by atoms with Gasteiger partial charge < -0.3 is 19.9 Å². The average molecular weight is 519 g/mol. The van der Waals surface area contributed by atoms with Gasteiger partial charge in [0, 0.05) is 24.3 Å². The highest BCUT2D eigenvalue weighted by molar-refractivity contribution is 7.18. The fourth-order valence-electron chi connectivity index (χ4n) is 3.85. The van der Waals surface area contributed by atoms with Crippen LogP contribution < -0.4 is 19.9 Å². The lowest BCUT2D eigenvalue weighted by atomic mass is 10.1. The summed E-state index contributed by atoms with van der Waals surface area (Å²) in [5.74, 6) is 0.280. The minimum Gasteiger partial charge on any atom is -0.497 e. The number of benzene rings is 2. The third kappa shape index (κ3) is 4.86. The van der Waals surface area contributed by atoms with Gasteiger partial charge in [0.25, 0.3) is 5.91 Å². The molecule has 0 unspecified atom stereocenters. The molecule has 182 valence electrons. The van der Waals surface area contributed by atoms with E-state index in [0.717, 1.165) is 11.4 Å². The molecule has 1 saturated heterocycles. The van der Waals surface area contributed by atoms with Crippen LogP contribution in [0.25, 0.3) is 0 Å². The van der Waals surface area contributed by atoms with Crippen molar-refractivity contribution < 1.29 is 19.1 Å². The fraction of sp³-hybridized carbons (Fsp3) is 0.154. The van der Waals surface area contributed by atoms with Crippen LogP contribution in [0, 0.1) is 0 Å². The second-order valence-corrected chi connectivity index (χ2v) is 9.89. The second-order valence-electron chi connectivity index (χ2n) is 7.97. The summed E-state index contributed by atoms with van der Waals surface area (Å²) in [6.45, 7) is 1.10. The van der Waals surface area contributed by atoms with Crippen molar-refractivity contribution in [3.05, 3.63) is 87.4 Å². The Labute approximate surface area is 215 Å². The molecule has 2 aromatic heterocycles. The van der Waals surface area contributed by atoms with Crippen molar-refractivity contribution in [2.45, 2.75) is 0 Å². The van der Waals surface area contributed by atoms with Gasteiger partial charge >= 0.3 is 0 Å². The van der Waals surface area contributed by atoms with Crippen LogP contribution in [0.4, 0.5) is 16.6 Å². The Kier molecular flexibility index (Phi) is 6.79. The number of ether oxygens (including phenoxy) is 1. The number of hydrogen-bond donors (Lipinski definition) is 1. The molecule has 5 rings (SSSR count). The molecule has 1 aliphatic rings. The SMILES string of the molecule is COc1ccc(N2CCN(c3nc(NC(=O)c4cccs4)c(C(=O)c4ccccc4)s3)CC2=O)cc1. The minimum absolute atomic E-state index is 0.0817. The number of carbonyl (C=O) groups excluding carboxylic acids is 3. The maximum absolute atomic E-state index is 13.3. The number of piperazine rings is 1. The predicted octanol–water partition coefficient (Wildman–Crippen LogP) is 4.55. The zero-order valence-electron chi connectivity index (χ0n) is 19.3. The Bertz CT molecular complexity index is 1390. The number of ketones is 1. The Morgan fingerprint density at radius 2 is 1.78 bits per heavy atom. The van der Waals surface area contributed by atoms with Crippen LogP contribution in [0.5, 0.6) is 5.75 Å². The number of thiophene rings is 1. The monoisotopic (exact) mass is 518 g/mol. The van der Waals surface area contributed by atoms with E-state index in [0.29, 0.717) is 33.5 Å². The first kappa shape index (κ1) is 23.7. The lowest BCUT2D eigenvalue weighted by Crippen LogP contribution is -2.50. The molecule has 8 nitrogen and oxygen atoms in total. The van der Waals surface area contributed by atoms with E-state index in [1.165, 1.54) is 22.7 Å². The number of nitrogens with zero attached hydrogens (tertiary/aromatic N) is 3. The normalized spacial score (nSPS) is 13.5. The topological polar surface area (TPSA) is 91.8 Å². The molecule has 0 atom stereocenters. The summed E-state index contributed by atoms with van der Waals surface area (Å²) in [5, 5.41) is 5.12. The molecule has 1 N–H and O–H groups in total. The van der Waals surface area contributed by atoms with Crippen molar-refractivity contribution in [1.82, 2.24) is 4.98 Å². The fourth-order valence-corrected chi connectivity index (χ4v) is 5.48. The lowest BCUT2D eigenvalue weighted by molar-refractivity contribution is -0.117. The maximum Gasteiger partial charge on any atom is 0.266 e. The summed E-state index contributed by atoms with van der Waals surface area (Å²) in [6.07, 6.45) is 0. The van der Waals surface area contributed by atoms with Gasteiger partial charge in [0.15, 0.2) is 10.9 Å². The van der Waals surface area contributed by atoms with Gasteiger partial charge in [-0.3, -0.25) is 14.4 Å². The molecule has 0 saturated carbocycles. The average Bonchev–Trinajstić information content (AvgIpc) is 3.60. The number of amides is 2. The standard InChI is InChI=1S/C26H22N4O4S2/c1-34-19-11-9-18(10-12-19)30-14-13-29(16-21(30)31)26-28-24(27-25(33)20-8-5-15-35-20)23(36-26)22(32)17-6-3-2-4-7-17/h2-12,15H,13-14,16H2,1H3,(H,27,33). The van der Waals surface area contributed by atoms with Gasteiger partial charge in [-0.15, -0.1) is 11.3 Å². The predicted molar refractivity (Wildman–Crippen MR) is 142 cm³/mol. The largest absolute Gasteiger partial charge is 0.497 e. The van der Waals surface area contributed by atoms with Crippen LogP contribution >= 0.6 is 22.7 Å². The highest BCUT2D eigenvalue weighted by atomic mass is 32.1. The Morgan fingerprint density at radius 1 is 1.00 bits per heavy atom. The molecule has 10 heteroatoms. The highest BCUT2D eigenvalue weighted by Crippen LogP contribution is 2.34. The van der Waals surface area contributed by atoms with E-state index >= 15 is 0 Å². The van der Waals surface area contributed by atoms with Gasteiger partial charge in [-0.2, -0.15) is 0 Å². The number of rotatable bonds is 7. The molecule has 0 bridgehead atoms. The molecule has 0 spiro atoms. The summed E-state index contributed by atoms with van der Waals surface area (Å²) in [5.41, 5.74) is 1.29. The van der Waals surface area contributed by atoms with Crippen LogP contribution in [0.1, 0.15) is 24.9 Å². The number of thiazole rings is 1. The number of nitrogens with one attached hydrogen (secondary N) is 1. The Balaban J connectivity index is 1.40. The molecule has 36 heavy (non-hydrogen) atoms. The molecule has 3 heterocycles. The summed E-state index contributed by atoms with van der Waals surface area (Å²) < 4.78 is 5.20. The first-order chi connectivity index (χ1) is 17.5. The second kappa shape index (κ2) is 10.3. The van der Waals surface area contributed by atoms with Gasteiger partial charge in [0.05, 0.1) is 18.5 Å². The highest BCUT2D eigenvalue weighted by Gasteiger charge is 2.30. The molecule has 4 aromatic rings. The van der Waals surface area contributed by atoms with E-state index in [1.54, 1.807) is 48.4 Å². The van der Waals surface area contributed by atoms with Gasteiger partial charge in [-0.05, 0) is 35.7 Å². The molecule has 0 radical (unpaired) electrons. The third-order valence-electron chi connectivity index (χ3n) is 5.71.